The standard InChI is InChI=1S/C20H34O4/c1-2-3-4-5-6-9-13-18(21)14-10-7-8-11-15-19(22)16-12-17-20(23)24/h7-8,11,15,19,22H,2-6,9-10,12-14,16-17H2,1H3,(H,23,24)/t19-/m1/s1. The average molecular weight is 338 g/mol. The minimum atomic E-state index is -0.836. The van der Waals surface area contributed by atoms with E-state index in [9.17, 15) is 14.7 Å². The highest BCUT2D eigenvalue weighted by molar-refractivity contribution is 5.78. The predicted octanol–water partition coefficient (Wildman–Crippen LogP) is 4.81. The molecule has 0 saturated heterocycles. The molecule has 138 valence electrons. The molecule has 1 atom stereocenters. The van der Waals surface area contributed by atoms with Gasteiger partial charge in [0.1, 0.15) is 5.78 Å². The number of aliphatic hydroxyl groups excluding tert-OH is 1. The second-order valence-electron chi connectivity index (χ2n) is 6.26. The number of Topliss-reactive ketones (excluding diaryl/α,β-unsaturated/α-hetero) is 1. The molecule has 0 aliphatic rings. The van der Waals surface area contributed by atoms with Crippen molar-refractivity contribution in [3.8, 4) is 0 Å². The third-order valence-electron chi connectivity index (χ3n) is 3.87. The lowest BCUT2D eigenvalue weighted by Gasteiger charge is -2.02. The molecule has 0 aromatic heterocycles. The van der Waals surface area contributed by atoms with E-state index >= 15 is 0 Å². The summed E-state index contributed by atoms with van der Waals surface area (Å²) in [4.78, 5) is 22.1. The largest absolute Gasteiger partial charge is 0.481 e. The first kappa shape index (κ1) is 22.6. The molecule has 0 unspecified atom stereocenters. The Morgan fingerprint density at radius 1 is 0.917 bits per heavy atom. The minimum Gasteiger partial charge on any atom is -0.481 e. The maximum Gasteiger partial charge on any atom is 0.303 e. The van der Waals surface area contributed by atoms with Gasteiger partial charge < -0.3 is 10.2 Å². The van der Waals surface area contributed by atoms with Gasteiger partial charge in [-0.05, 0) is 25.7 Å². The van der Waals surface area contributed by atoms with Gasteiger partial charge >= 0.3 is 5.97 Å². The van der Waals surface area contributed by atoms with E-state index in [0.717, 1.165) is 19.3 Å². The molecule has 0 spiro atoms. The van der Waals surface area contributed by atoms with E-state index in [1.165, 1.54) is 25.7 Å². The maximum absolute atomic E-state index is 11.7. The molecule has 0 aromatic rings. The maximum atomic E-state index is 11.7. The van der Waals surface area contributed by atoms with Crippen molar-refractivity contribution in [3.63, 3.8) is 0 Å². The van der Waals surface area contributed by atoms with Gasteiger partial charge in [-0.3, -0.25) is 9.59 Å². The average Bonchev–Trinajstić information content (AvgIpc) is 2.53. The van der Waals surface area contributed by atoms with Crippen molar-refractivity contribution in [3.05, 3.63) is 24.3 Å². The van der Waals surface area contributed by atoms with Gasteiger partial charge in [0, 0.05) is 19.3 Å². The van der Waals surface area contributed by atoms with Crippen LogP contribution in [0.2, 0.25) is 0 Å². The fourth-order valence-electron chi connectivity index (χ4n) is 2.40. The van der Waals surface area contributed by atoms with Crippen molar-refractivity contribution in [1.82, 2.24) is 0 Å². The van der Waals surface area contributed by atoms with Crippen LogP contribution in [0.25, 0.3) is 0 Å². The molecule has 0 saturated carbocycles. The first-order valence-electron chi connectivity index (χ1n) is 9.31. The number of carbonyl (C=O) groups is 2. The highest BCUT2D eigenvalue weighted by atomic mass is 16.4. The third kappa shape index (κ3) is 16.9. The van der Waals surface area contributed by atoms with E-state index in [0.29, 0.717) is 31.5 Å². The molecule has 0 aliphatic carbocycles. The normalized spacial score (nSPS) is 12.9. The predicted molar refractivity (Wildman–Crippen MR) is 98.0 cm³/mol. The number of carboxylic acid groups (broad SMARTS) is 1. The molecule has 0 bridgehead atoms. The molecule has 0 rings (SSSR count). The van der Waals surface area contributed by atoms with E-state index in [1.807, 2.05) is 12.2 Å². The second-order valence-corrected chi connectivity index (χ2v) is 6.26. The second kappa shape index (κ2) is 16.4. The Morgan fingerprint density at radius 2 is 1.62 bits per heavy atom. The molecular formula is C20H34O4. The molecule has 24 heavy (non-hydrogen) atoms. The smallest absolute Gasteiger partial charge is 0.303 e. The van der Waals surface area contributed by atoms with Crippen LogP contribution in [0.3, 0.4) is 0 Å². The lowest BCUT2D eigenvalue weighted by atomic mass is 10.1. The Bertz CT molecular complexity index is 385. The Balaban J connectivity index is 3.57. The van der Waals surface area contributed by atoms with Crippen molar-refractivity contribution in [2.24, 2.45) is 0 Å². The number of aliphatic hydroxyl groups is 1. The number of hydrogen-bond acceptors (Lipinski definition) is 3. The van der Waals surface area contributed by atoms with Gasteiger partial charge in [-0.25, -0.2) is 0 Å². The quantitative estimate of drug-likeness (QED) is 0.313. The summed E-state index contributed by atoms with van der Waals surface area (Å²) in [6.07, 6.45) is 16.8. The summed E-state index contributed by atoms with van der Waals surface area (Å²) in [5.41, 5.74) is 0. The lowest BCUT2D eigenvalue weighted by Crippen LogP contribution is -2.03. The summed E-state index contributed by atoms with van der Waals surface area (Å²) in [5, 5.41) is 18.1. The Morgan fingerprint density at radius 3 is 2.33 bits per heavy atom. The number of carbonyl (C=O) groups excluding carboxylic acids is 1. The Kier molecular flexibility index (Phi) is 15.5. The van der Waals surface area contributed by atoms with Crippen molar-refractivity contribution in [2.75, 3.05) is 0 Å². The summed E-state index contributed by atoms with van der Waals surface area (Å²) >= 11 is 0. The Labute approximate surface area is 146 Å². The molecule has 0 heterocycles. The van der Waals surface area contributed by atoms with Crippen LogP contribution in [0.15, 0.2) is 24.3 Å². The first-order valence-corrected chi connectivity index (χ1v) is 9.31. The highest BCUT2D eigenvalue weighted by Crippen LogP contribution is 2.09. The van der Waals surface area contributed by atoms with Crippen molar-refractivity contribution in [1.29, 1.82) is 0 Å². The van der Waals surface area contributed by atoms with Crippen molar-refractivity contribution >= 4 is 11.8 Å². The SMILES string of the molecule is CCCCCCCCC(=O)CCC=CC=C[C@@H](O)CCCC(=O)O. The van der Waals surface area contributed by atoms with Gasteiger partial charge in [0.15, 0.2) is 0 Å². The van der Waals surface area contributed by atoms with Gasteiger partial charge in [0.05, 0.1) is 6.10 Å². The molecule has 2 N–H and O–H groups in total. The Hall–Kier alpha value is -1.42. The van der Waals surface area contributed by atoms with Gasteiger partial charge in [-0.15, -0.1) is 0 Å². The zero-order valence-corrected chi connectivity index (χ0v) is 15.1. The number of hydrogen-bond donors (Lipinski definition) is 2. The molecule has 4 heteroatoms. The fourth-order valence-corrected chi connectivity index (χ4v) is 2.40. The summed E-state index contributed by atoms with van der Waals surface area (Å²) in [6, 6.07) is 0. The van der Waals surface area contributed by atoms with E-state index in [2.05, 4.69) is 6.92 Å². The summed E-state index contributed by atoms with van der Waals surface area (Å²) in [5.74, 6) is -0.510. The molecular weight excluding hydrogens is 304 g/mol. The zero-order valence-electron chi connectivity index (χ0n) is 15.1. The van der Waals surface area contributed by atoms with Gasteiger partial charge in [-0.2, -0.15) is 0 Å². The minimum absolute atomic E-state index is 0.0848. The van der Waals surface area contributed by atoms with Crippen molar-refractivity contribution in [2.45, 2.75) is 90.1 Å². The summed E-state index contributed by atoms with van der Waals surface area (Å²) in [6.45, 7) is 2.20. The van der Waals surface area contributed by atoms with E-state index in [4.69, 9.17) is 5.11 Å². The highest BCUT2D eigenvalue weighted by Gasteiger charge is 2.02. The van der Waals surface area contributed by atoms with Crippen LogP contribution in [0.4, 0.5) is 0 Å². The van der Waals surface area contributed by atoms with E-state index in [1.54, 1.807) is 12.2 Å². The number of allylic oxidation sites excluding steroid dienone is 3. The summed E-state index contributed by atoms with van der Waals surface area (Å²) < 4.78 is 0. The summed E-state index contributed by atoms with van der Waals surface area (Å²) in [7, 11) is 0. The zero-order chi connectivity index (χ0) is 18.0. The molecule has 0 amide bonds. The van der Waals surface area contributed by atoms with E-state index in [-0.39, 0.29) is 6.42 Å². The number of aliphatic carboxylic acids is 1. The van der Waals surface area contributed by atoms with E-state index < -0.39 is 12.1 Å². The van der Waals surface area contributed by atoms with Crippen LogP contribution in [-0.2, 0) is 9.59 Å². The van der Waals surface area contributed by atoms with Crippen molar-refractivity contribution < 1.29 is 19.8 Å². The van der Waals surface area contributed by atoms with Gasteiger partial charge in [-0.1, -0.05) is 63.3 Å². The van der Waals surface area contributed by atoms with Crippen LogP contribution >= 0.6 is 0 Å². The van der Waals surface area contributed by atoms with Crippen LogP contribution in [-0.4, -0.2) is 28.1 Å². The number of carboxylic acids is 1. The topological polar surface area (TPSA) is 74.6 Å². The monoisotopic (exact) mass is 338 g/mol. The van der Waals surface area contributed by atoms with Gasteiger partial charge in [0.25, 0.3) is 0 Å². The molecule has 4 nitrogen and oxygen atoms in total. The first-order chi connectivity index (χ1) is 11.6. The van der Waals surface area contributed by atoms with Crippen LogP contribution < -0.4 is 0 Å². The van der Waals surface area contributed by atoms with Crippen LogP contribution in [0.1, 0.15) is 84.0 Å². The molecule has 0 aliphatic heterocycles. The van der Waals surface area contributed by atoms with Crippen LogP contribution in [0.5, 0.6) is 0 Å². The number of ketones is 1. The number of rotatable bonds is 16. The molecule has 0 aromatic carbocycles. The van der Waals surface area contributed by atoms with Crippen LogP contribution in [0, 0.1) is 0 Å². The fraction of sp³-hybridized carbons (Fsp3) is 0.700. The molecule has 0 radical (unpaired) electrons. The lowest BCUT2D eigenvalue weighted by molar-refractivity contribution is -0.137. The third-order valence-corrected chi connectivity index (χ3v) is 3.87. The number of unbranched alkanes of at least 4 members (excludes halogenated alkanes) is 5. The molecule has 0 fully saturated rings. The van der Waals surface area contributed by atoms with Gasteiger partial charge in [0.2, 0.25) is 0 Å².